The zero-order valence-corrected chi connectivity index (χ0v) is 9.97. The van der Waals surface area contributed by atoms with Crippen LogP contribution in [0.2, 0.25) is 0 Å². The quantitative estimate of drug-likeness (QED) is 0.860. The lowest BCUT2D eigenvalue weighted by molar-refractivity contribution is 0.0964. The van der Waals surface area contributed by atoms with Crippen LogP contribution < -0.4 is 10.5 Å². The number of methoxy groups -OCH3 is 1. The van der Waals surface area contributed by atoms with Crippen LogP contribution in [-0.2, 0) is 0 Å². The summed E-state index contributed by atoms with van der Waals surface area (Å²) in [5.41, 5.74) is 5.60. The molecule has 0 saturated carbocycles. The Kier molecular flexibility index (Phi) is 3.82. The van der Waals surface area contributed by atoms with Gasteiger partial charge in [0.05, 0.1) is 23.2 Å². The molecule has 0 saturated heterocycles. The summed E-state index contributed by atoms with van der Waals surface area (Å²) in [4.78, 5) is 11.6. The maximum atomic E-state index is 13.2. The van der Waals surface area contributed by atoms with Gasteiger partial charge in [0, 0.05) is 0 Å². The summed E-state index contributed by atoms with van der Waals surface area (Å²) < 4.78 is 18.5. The summed E-state index contributed by atoms with van der Waals surface area (Å²) >= 11 is 3.01. The van der Waals surface area contributed by atoms with E-state index in [0.717, 1.165) is 6.07 Å². The lowest BCUT2D eigenvalue weighted by Crippen LogP contribution is -2.27. The molecule has 0 heterocycles. The highest BCUT2D eigenvalue weighted by molar-refractivity contribution is 9.10. The van der Waals surface area contributed by atoms with E-state index in [9.17, 15) is 9.18 Å². The van der Waals surface area contributed by atoms with E-state index in [2.05, 4.69) is 15.9 Å². The Labute approximate surface area is 95.5 Å². The second-order valence-electron chi connectivity index (χ2n) is 3.12. The first kappa shape index (κ1) is 12.1. The number of carbonyl (C=O) groups excluding carboxylic acids is 1. The molecule has 0 fully saturated rings. The van der Waals surface area contributed by atoms with E-state index >= 15 is 0 Å². The SMILES string of the molecule is COc1cc(Br)c(F)cc1C(=O)C(C)N. The second kappa shape index (κ2) is 4.72. The maximum Gasteiger partial charge on any atom is 0.183 e. The number of hydrogen-bond donors (Lipinski definition) is 1. The summed E-state index contributed by atoms with van der Waals surface area (Å²) in [7, 11) is 1.41. The van der Waals surface area contributed by atoms with Gasteiger partial charge in [0.25, 0.3) is 0 Å². The van der Waals surface area contributed by atoms with E-state index in [1.165, 1.54) is 13.2 Å². The molecule has 3 nitrogen and oxygen atoms in total. The zero-order valence-electron chi connectivity index (χ0n) is 8.38. The largest absolute Gasteiger partial charge is 0.496 e. The van der Waals surface area contributed by atoms with Gasteiger partial charge >= 0.3 is 0 Å². The average Bonchev–Trinajstić information content (AvgIpc) is 2.20. The fourth-order valence-electron chi connectivity index (χ4n) is 1.14. The molecule has 1 aromatic carbocycles. The van der Waals surface area contributed by atoms with E-state index < -0.39 is 11.9 Å². The van der Waals surface area contributed by atoms with Crippen LogP contribution in [0.3, 0.4) is 0 Å². The topological polar surface area (TPSA) is 52.3 Å². The molecule has 0 radical (unpaired) electrons. The zero-order chi connectivity index (χ0) is 11.6. The van der Waals surface area contributed by atoms with Crippen molar-refractivity contribution in [2.24, 2.45) is 5.73 Å². The van der Waals surface area contributed by atoms with Crippen LogP contribution >= 0.6 is 15.9 Å². The molecule has 1 unspecified atom stereocenters. The van der Waals surface area contributed by atoms with Crippen molar-refractivity contribution in [2.75, 3.05) is 7.11 Å². The molecule has 5 heteroatoms. The van der Waals surface area contributed by atoms with Crippen LogP contribution in [0.1, 0.15) is 17.3 Å². The van der Waals surface area contributed by atoms with E-state index in [1.807, 2.05) is 0 Å². The van der Waals surface area contributed by atoms with Gasteiger partial charge in [0.1, 0.15) is 11.6 Å². The van der Waals surface area contributed by atoms with Crippen LogP contribution in [-0.4, -0.2) is 18.9 Å². The summed E-state index contributed by atoms with van der Waals surface area (Å²) in [6, 6.07) is 1.85. The smallest absolute Gasteiger partial charge is 0.183 e. The molecule has 1 atom stereocenters. The Morgan fingerprint density at radius 2 is 2.20 bits per heavy atom. The molecule has 82 valence electrons. The molecule has 2 N–H and O–H groups in total. The molecular weight excluding hydrogens is 265 g/mol. The highest BCUT2D eigenvalue weighted by Gasteiger charge is 2.18. The van der Waals surface area contributed by atoms with Crippen molar-refractivity contribution in [3.05, 3.63) is 28.0 Å². The Balaban J connectivity index is 3.27. The Morgan fingerprint density at radius 1 is 1.60 bits per heavy atom. The summed E-state index contributed by atoms with van der Waals surface area (Å²) in [6.45, 7) is 1.54. The van der Waals surface area contributed by atoms with Crippen molar-refractivity contribution in [2.45, 2.75) is 13.0 Å². The van der Waals surface area contributed by atoms with E-state index in [1.54, 1.807) is 6.92 Å². The van der Waals surface area contributed by atoms with Gasteiger partial charge in [-0.3, -0.25) is 4.79 Å². The van der Waals surface area contributed by atoms with Gasteiger partial charge in [-0.15, -0.1) is 0 Å². The summed E-state index contributed by atoms with van der Waals surface area (Å²) in [5, 5.41) is 0. The van der Waals surface area contributed by atoms with E-state index in [0.29, 0.717) is 5.75 Å². The monoisotopic (exact) mass is 275 g/mol. The van der Waals surface area contributed by atoms with Gasteiger partial charge in [0.15, 0.2) is 5.78 Å². The number of ether oxygens (including phenoxy) is 1. The number of hydrogen-bond acceptors (Lipinski definition) is 3. The normalized spacial score (nSPS) is 12.3. The molecular formula is C10H11BrFNO2. The molecule has 0 amide bonds. The van der Waals surface area contributed by atoms with Crippen molar-refractivity contribution in [1.29, 1.82) is 0 Å². The minimum absolute atomic E-state index is 0.160. The third-order valence-corrected chi connectivity index (χ3v) is 2.53. The Morgan fingerprint density at radius 3 is 2.67 bits per heavy atom. The van der Waals surface area contributed by atoms with Crippen molar-refractivity contribution < 1.29 is 13.9 Å². The predicted molar refractivity (Wildman–Crippen MR) is 58.6 cm³/mol. The highest BCUT2D eigenvalue weighted by atomic mass is 79.9. The summed E-state index contributed by atoms with van der Waals surface area (Å²) in [6.07, 6.45) is 0. The van der Waals surface area contributed by atoms with Gasteiger partial charge in [0.2, 0.25) is 0 Å². The Hall–Kier alpha value is -0.940. The first-order chi connectivity index (χ1) is 6.97. The third-order valence-electron chi connectivity index (χ3n) is 1.92. The molecule has 1 aromatic rings. The average molecular weight is 276 g/mol. The lowest BCUT2D eigenvalue weighted by atomic mass is 10.0. The summed E-state index contributed by atoms with van der Waals surface area (Å²) in [5.74, 6) is -0.552. The fraction of sp³-hybridized carbons (Fsp3) is 0.300. The van der Waals surface area contributed by atoms with Gasteiger partial charge < -0.3 is 10.5 Å². The molecule has 0 aliphatic heterocycles. The van der Waals surface area contributed by atoms with Crippen molar-refractivity contribution >= 4 is 21.7 Å². The van der Waals surface area contributed by atoms with Crippen molar-refractivity contribution in [3.8, 4) is 5.75 Å². The van der Waals surface area contributed by atoms with Crippen LogP contribution in [0.15, 0.2) is 16.6 Å². The van der Waals surface area contributed by atoms with Gasteiger partial charge in [-0.2, -0.15) is 0 Å². The molecule has 1 rings (SSSR count). The molecule has 0 aromatic heterocycles. The number of benzene rings is 1. The van der Waals surface area contributed by atoms with Crippen LogP contribution in [0, 0.1) is 5.82 Å². The minimum Gasteiger partial charge on any atom is -0.496 e. The minimum atomic E-state index is -0.681. The van der Waals surface area contributed by atoms with Gasteiger partial charge in [-0.05, 0) is 35.0 Å². The molecule has 0 aliphatic carbocycles. The molecule has 0 aliphatic rings. The van der Waals surface area contributed by atoms with Crippen LogP contribution in [0.4, 0.5) is 4.39 Å². The first-order valence-corrected chi connectivity index (χ1v) is 5.09. The van der Waals surface area contributed by atoms with Gasteiger partial charge in [-0.1, -0.05) is 0 Å². The van der Waals surface area contributed by atoms with Crippen molar-refractivity contribution in [1.82, 2.24) is 0 Å². The fourth-order valence-corrected chi connectivity index (χ4v) is 1.46. The van der Waals surface area contributed by atoms with E-state index in [4.69, 9.17) is 10.5 Å². The van der Waals surface area contributed by atoms with Crippen LogP contribution in [0.5, 0.6) is 5.75 Å². The number of nitrogens with two attached hydrogens (primary N) is 1. The number of ketones is 1. The predicted octanol–water partition coefficient (Wildman–Crippen LogP) is 2.13. The lowest BCUT2D eigenvalue weighted by Gasteiger charge is -2.10. The number of carbonyl (C=O) groups is 1. The maximum absolute atomic E-state index is 13.2. The standard InChI is InChI=1S/C10H11BrFNO2/c1-5(13)10(14)6-3-8(12)7(11)4-9(6)15-2/h3-5H,13H2,1-2H3. The Bertz CT molecular complexity index is 393. The number of rotatable bonds is 3. The second-order valence-corrected chi connectivity index (χ2v) is 3.97. The highest BCUT2D eigenvalue weighted by Crippen LogP contribution is 2.27. The number of halogens is 2. The molecule has 0 spiro atoms. The first-order valence-electron chi connectivity index (χ1n) is 4.30. The molecule has 15 heavy (non-hydrogen) atoms. The van der Waals surface area contributed by atoms with Gasteiger partial charge in [-0.25, -0.2) is 4.39 Å². The third kappa shape index (κ3) is 2.54. The van der Waals surface area contributed by atoms with Crippen molar-refractivity contribution in [3.63, 3.8) is 0 Å². The number of Topliss-reactive ketones (excluding diaryl/α,β-unsaturated/α-hetero) is 1. The molecule has 0 bridgehead atoms. The van der Waals surface area contributed by atoms with Crippen LogP contribution in [0.25, 0.3) is 0 Å². The van der Waals surface area contributed by atoms with E-state index in [-0.39, 0.29) is 15.8 Å².